The van der Waals surface area contributed by atoms with Gasteiger partial charge in [0.25, 0.3) is 0 Å². The largest absolute Gasteiger partial charge is 0.0654 e. The fraction of sp³-hybridized carbons (Fsp3) is 1.00. The van der Waals surface area contributed by atoms with Gasteiger partial charge in [-0.05, 0) is 18.3 Å². The van der Waals surface area contributed by atoms with Gasteiger partial charge in [-0.25, -0.2) is 0 Å². The molecule has 0 spiro atoms. The predicted octanol–water partition coefficient (Wildman–Crippen LogP) is 2.44. The monoisotopic (exact) mass is 98.1 g/mol. The van der Waals surface area contributed by atoms with E-state index in [-0.39, 0.29) is 0 Å². The molecule has 0 aromatic heterocycles. The van der Waals surface area contributed by atoms with E-state index < -0.39 is 0 Å². The Morgan fingerprint density at radius 1 is 1.57 bits per heavy atom. The van der Waals surface area contributed by atoms with Crippen LogP contribution in [0.15, 0.2) is 0 Å². The molecule has 1 rings (SSSR count). The second-order valence-electron chi connectivity index (χ2n) is 2.76. The Morgan fingerprint density at radius 3 is 2.29 bits per heavy atom. The van der Waals surface area contributed by atoms with Crippen molar-refractivity contribution in [3.63, 3.8) is 0 Å². The zero-order chi connectivity index (χ0) is 5.28. The van der Waals surface area contributed by atoms with Gasteiger partial charge in [-0.3, -0.25) is 0 Å². The molecule has 0 nitrogen and oxygen atoms in total. The molecule has 0 saturated heterocycles. The second kappa shape index (κ2) is 1.85. The van der Waals surface area contributed by atoms with E-state index in [9.17, 15) is 0 Å². The summed E-state index contributed by atoms with van der Waals surface area (Å²) in [5.41, 5.74) is 0. The van der Waals surface area contributed by atoms with Gasteiger partial charge in [0.2, 0.25) is 0 Å². The van der Waals surface area contributed by atoms with Crippen molar-refractivity contribution >= 4 is 0 Å². The lowest BCUT2D eigenvalue weighted by Crippen LogP contribution is -1.74. The van der Waals surface area contributed by atoms with Crippen molar-refractivity contribution in [2.45, 2.75) is 33.1 Å². The molecule has 0 N–H and O–H groups in total. The van der Waals surface area contributed by atoms with Crippen molar-refractivity contribution in [3.8, 4) is 0 Å². The molecule has 0 radical (unpaired) electrons. The number of hydrogen-bond acceptors (Lipinski definition) is 0. The minimum absolute atomic E-state index is 1.07. The summed E-state index contributed by atoms with van der Waals surface area (Å²) in [6.45, 7) is 4.62. The third-order valence-electron chi connectivity index (χ3n) is 1.94. The third-order valence-corrected chi connectivity index (χ3v) is 1.94. The SMILES string of the molecule is CCC[C@@H]1C[C@H]1C. The van der Waals surface area contributed by atoms with Gasteiger partial charge in [0.15, 0.2) is 0 Å². The standard InChI is InChI=1S/C7H14/c1-3-4-7-5-6(7)2/h6-7H,3-5H2,1-2H3/t6-,7-/m1/s1. The van der Waals surface area contributed by atoms with E-state index in [4.69, 9.17) is 0 Å². The summed E-state index contributed by atoms with van der Waals surface area (Å²) < 4.78 is 0. The molecule has 0 aromatic carbocycles. The van der Waals surface area contributed by atoms with E-state index in [2.05, 4.69) is 13.8 Å². The molecule has 2 atom stereocenters. The lowest BCUT2D eigenvalue weighted by Gasteiger charge is -1.86. The minimum atomic E-state index is 1.07. The number of rotatable bonds is 2. The van der Waals surface area contributed by atoms with E-state index in [1.54, 1.807) is 0 Å². The van der Waals surface area contributed by atoms with Crippen LogP contribution in [0.25, 0.3) is 0 Å². The summed E-state index contributed by atoms with van der Waals surface area (Å²) in [5, 5.41) is 0. The highest BCUT2D eigenvalue weighted by Gasteiger charge is 2.30. The van der Waals surface area contributed by atoms with Crippen LogP contribution in [0.5, 0.6) is 0 Å². The van der Waals surface area contributed by atoms with Crippen LogP contribution < -0.4 is 0 Å². The lowest BCUT2D eigenvalue weighted by molar-refractivity contribution is 0.659. The van der Waals surface area contributed by atoms with Crippen molar-refractivity contribution in [3.05, 3.63) is 0 Å². The van der Waals surface area contributed by atoms with Crippen LogP contribution in [0.2, 0.25) is 0 Å². The molecule has 0 bridgehead atoms. The van der Waals surface area contributed by atoms with Crippen LogP contribution in [0.3, 0.4) is 0 Å². The Bertz CT molecular complexity index is 57.1. The van der Waals surface area contributed by atoms with Gasteiger partial charge in [0, 0.05) is 0 Å². The molecule has 1 aliphatic carbocycles. The van der Waals surface area contributed by atoms with Gasteiger partial charge in [0.1, 0.15) is 0 Å². The van der Waals surface area contributed by atoms with Gasteiger partial charge in [0.05, 0.1) is 0 Å². The molecule has 0 heterocycles. The summed E-state index contributed by atoms with van der Waals surface area (Å²) >= 11 is 0. The van der Waals surface area contributed by atoms with E-state index in [1.807, 2.05) is 0 Å². The first-order valence-corrected chi connectivity index (χ1v) is 3.34. The van der Waals surface area contributed by atoms with E-state index in [0.717, 1.165) is 11.8 Å². The maximum Gasteiger partial charge on any atom is -0.0386 e. The molecule has 7 heavy (non-hydrogen) atoms. The van der Waals surface area contributed by atoms with Crippen LogP contribution >= 0.6 is 0 Å². The molecule has 0 amide bonds. The average Bonchev–Trinajstić information content (AvgIpc) is 2.22. The molecule has 42 valence electrons. The molecule has 1 fully saturated rings. The maximum absolute atomic E-state index is 2.35. The van der Waals surface area contributed by atoms with E-state index in [0.29, 0.717) is 0 Å². The third kappa shape index (κ3) is 1.19. The topological polar surface area (TPSA) is 0 Å². The molecule has 0 heteroatoms. The number of hydrogen-bond donors (Lipinski definition) is 0. The lowest BCUT2D eigenvalue weighted by atomic mass is 10.2. The van der Waals surface area contributed by atoms with Crippen LogP contribution in [0.1, 0.15) is 33.1 Å². The maximum atomic E-state index is 2.35. The molecular formula is C7H14. The Labute approximate surface area is 45.9 Å². The van der Waals surface area contributed by atoms with Crippen molar-refractivity contribution in [2.24, 2.45) is 11.8 Å². The van der Waals surface area contributed by atoms with Crippen LogP contribution in [-0.2, 0) is 0 Å². The molecular weight excluding hydrogens is 84.1 g/mol. The van der Waals surface area contributed by atoms with Crippen LogP contribution in [0.4, 0.5) is 0 Å². The first-order chi connectivity index (χ1) is 3.34. The zero-order valence-electron chi connectivity index (χ0n) is 5.28. The highest BCUT2D eigenvalue weighted by Crippen LogP contribution is 2.40. The predicted molar refractivity (Wildman–Crippen MR) is 32.2 cm³/mol. The first-order valence-electron chi connectivity index (χ1n) is 3.34. The highest BCUT2D eigenvalue weighted by atomic mass is 14.4. The van der Waals surface area contributed by atoms with E-state index >= 15 is 0 Å². The van der Waals surface area contributed by atoms with Gasteiger partial charge in [-0.15, -0.1) is 0 Å². The second-order valence-corrected chi connectivity index (χ2v) is 2.76. The molecule has 0 aromatic rings. The van der Waals surface area contributed by atoms with Crippen molar-refractivity contribution < 1.29 is 0 Å². The Balaban J connectivity index is 1.98. The fourth-order valence-corrected chi connectivity index (χ4v) is 1.17. The molecule has 0 aliphatic heterocycles. The summed E-state index contributed by atoms with van der Waals surface area (Å²) in [5.74, 6) is 2.19. The Kier molecular flexibility index (Phi) is 1.36. The van der Waals surface area contributed by atoms with Crippen molar-refractivity contribution in [2.75, 3.05) is 0 Å². The summed E-state index contributed by atoms with van der Waals surface area (Å²) in [7, 11) is 0. The molecule has 0 unspecified atom stereocenters. The Morgan fingerprint density at radius 2 is 2.14 bits per heavy atom. The van der Waals surface area contributed by atoms with Gasteiger partial charge < -0.3 is 0 Å². The van der Waals surface area contributed by atoms with Crippen molar-refractivity contribution in [1.82, 2.24) is 0 Å². The normalized spacial score (nSPS) is 38.6. The average molecular weight is 98.2 g/mol. The smallest absolute Gasteiger partial charge is 0.0386 e. The summed E-state index contributed by atoms with van der Waals surface area (Å²) in [6, 6.07) is 0. The Hall–Kier alpha value is 0. The van der Waals surface area contributed by atoms with Crippen molar-refractivity contribution in [1.29, 1.82) is 0 Å². The highest BCUT2D eigenvalue weighted by molar-refractivity contribution is 4.81. The molecule has 1 aliphatic rings. The van der Waals surface area contributed by atoms with Crippen LogP contribution in [0, 0.1) is 11.8 Å². The summed E-state index contributed by atoms with van der Waals surface area (Å²) in [6.07, 6.45) is 4.37. The van der Waals surface area contributed by atoms with Gasteiger partial charge in [-0.2, -0.15) is 0 Å². The molecule has 1 saturated carbocycles. The summed E-state index contributed by atoms with van der Waals surface area (Å²) in [4.78, 5) is 0. The minimum Gasteiger partial charge on any atom is -0.0654 e. The van der Waals surface area contributed by atoms with E-state index in [1.165, 1.54) is 19.3 Å². The van der Waals surface area contributed by atoms with Crippen LogP contribution in [-0.4, -0.2) is 0 Å². The quantitative estimate of drug-likeness (QED) is 0.497. The van der Waals surface area contributed by atoms with Gasteiger partial charge >= 0.3 is 0 Å². The first kappa shape index (κ1) is 5.14. The fourth-order valence-electron chi connectivity index (χ4n) is 1.17. The zero-order valence-corrected chi connectivity index (χ0v) is 5.28. The van der Waals surface area contributed by atoms with Gasteiger partial charge in [-0.1, -0.05) is 26.7 Å².